The van der Waals surface area contributed by atoms with Crippen molar-refractivity contribution in [3.63, 3.8) is 0 Å². The zero-order valence-corrected chi connectivity index (χ0v) is 50.1. The molecule has 1 aliphatic heterocycles. The van der Waals surface area contributed by atoms with Crippen LogP contribution in [0.15, 0.2) is 174 Å². The number of phenols is 1. The molecule has 2 aliphatic rings. The Bertz CT molecular complexity index is 2230. The van der Waals surface area contributed by atoms with Crippen molar-refractivity contribution in [2.45, 2.75) is 156 Å². The first-order valence-corrected chi connectivity index (χ1v) is 26.4. The number of hydrogen-bond acceptors (Lipinski definition) is 6. The third-order valence-corrected chi connectivity index (χ3v) is 10.7. The number of ether oxygens (including phenoxy) is 2. The minimum absolute atomic E-state index is 0. The van der Waals surface area contributed by atoms with Gasteiger partial charge in [0.25, 0.3) is 11.7 Å². The van der Waals surface area contributed by atoms with Gasteiger partial charge in [-0.05, 0) is 110 Å². The first kappa shape index (κ1) is 67.7. The topological polar surface area (TPSA) is 94.9 Å². The first-order valence-electron chi connectivity index (χ1n) is 26.4. The van der Waals surface area contributed by atoms with Crippen molar-refractivity contribution in [2.24, 2.45) is 0 Å². The number of aromatic hydroxyl groups is 1. The number of unbranched alkanes of at least 4 members (excludes halogenated alkanes) is 1. The zero-order valence-electron chi connectivity index (χ0n) is 47.6. The third-order valence-electron chi connectivity index (χ3n) is 10.7. The number of carbonyl (C=O) groups is 1. The quantitative estimate of drug-likeness (QED) is 0.0274. The van der Waals surface area contributed by atoms with Crippen molar-refractivity contribution in [3.8, 4) is 11.5 Å². The molecule has 1 saturated carbocycles. The van der Waals surface area contributed by atoms with E-state index in [1.165, 1.54) is 55.2 Å². The molecule has 1 amide bonds. The number of nitrogens with one attached hydrogen (secondary N) is 3. The minimum Gasteiger partial charge on any atom is -0.508 e. The summed E-state index contributed by atoms with van der Waals surface area (Å²) in [5.74, 6) is 2.11. The number of para-hydroxylation sites is 1. The summed E-state index contributed by atoms with van der Waals surface area (Å²) in [5.41, 5.74) is 10.0. The Morgan fingerprint density at radius 2 is 1.10 bits per heavy atom. The summed E-state index contributed by atoms with van der Waals surface area (Å²) in [5, 5.41) is 18.9. The molecule has 73 heavy (non-hydrogen) atoms. The van der Waals surface area contributed by atoms with Gasteiger partial charge in [-0.1, -0.05) is 205 Å². The van der Waals surface area contributed by atoms with Crippen molar-refractivity contribution in [1.29, 1.82) is 0 Å². The molecule has 9 heteroatoms. The van der Waals surface area contributed by atoms with Gasteiger partial charge in [0.05, 0.1) is 6.54 Å². The van der Waals surface area contributed by atoms with Gasteiger partial charge in [0.1, 0.15) is 23.9 Å². The van der Waals surface area contributed by atoms with Crippen LogP contribution >= 0.6 is 0 Å². The van der Waals surface area contributed by atoms with E-state index < -0.39 is 0 Å². The fraction of sp³-hybridized carbons (Fsp3) is 0.406. The van der Waals surface area contributed by atoms with Crippen LogP contribution in [0.3, 0.4) is 0 Å². The van der Waals surface area contributed by atoms with Crippen molar-refractivity contribution >= 4 is 17.8 Å². The van der Waals surface area contributed by atoms with Gasteiger partial charge in [0.15, 0.2) is 6.54 Å². The van der Waals surface area contributed by atoms with Gasteiger partial charge < -0.3 is 30.5 Å². The number of aryl methyl sites for hydroxylation is 2. The van der Waals surface area contributed by atoms with Crippen LogP contribution in [-0.4, -0.2) is 41.4 Å². The summed E-state index contributed by atoms with van der Waals surface area (Å²) in [7, 11) is 0. The normalized spacial score (nSPS) is 11.9. The van der Waals surface area contributed by atoms with E-state index in [9.17, 15) is 9.90 Å². The fourth-order valence-electron chi connectivity index (χ4n) is 5.27. The van der Waals surface area contributed by atoms with E-state index in [2.05, 4.69) is 83.5 Å². The molecule has 5 aromatic carbocycles. The van der Waals surface area contributed by atoms with E-state index in [0.29, 0.717) is 18.9 Å². The average Bonchev–Trinajstić information content (AvgIpc) is 4.15. The van der Waals surface area contributed by atoms with Crippen molar-refractivity contribution in [3.05, 3.63) is 196 Å². The summed E-state index contributed by atoms with van der Waals surface area (Å²) in [6.07, 6.45) is 10.6. The number of nitrogens with zero attached hydrogens (tertiary/aromatic N) is 1. The molecule has 0 spiro atoms. The average molecular weight is 1240 g/mol. The van der Waals surface area contributed by atoms with Crippen molar-refractivity contribution < 1.29 is 24.0 Å². The van der Waals surface area contributed by atoms with Gasteiger partial charge in [-0.3, -0.25) is 4.79 Å². The summed E-state index contributed by atoms with van der Waals surface area (Å²) in [4.78, 5) is 13.0. The molecule has 0 bridgehead atoms. The van der Waals surface area contributed by atoms with Gasteiger partial charge in [0, 0.05) is 24.5 Å². The largest absolute Gasteiger partial charge is 0.508 e. The maximum atomic E-state index is 13.0. The monoisotopic (exact) mass is 1240 g/mol. The number of benzene rings is 5. The molecule has 1 aliphatic carbocycles. The maximum Gasteiger partial charge on any atom is 0.317 e. The maximum absolute atomic E-state index is 13.0. The molecule has 0 aromatic heterocycles. The Morgan fingerprint density at radius 1 is 0.616 bits per heavy atom. The molecular formula is C64H95EsN4O4+. The second-order valence-corrected chi connectivity index (χ2v) is 17.2. The van der Waals surface area contributed by atoms with E-state index in [1.54, 1.807) is 12.1 Å². The smallest absolute Gasteiger partial charge is 0.317 e. The Labute approximate surface area is 438 Å². The van der Waals surface area contributed by atoms with Crippen molar-refractivity contribution in [2.75, 3.05) is 25.0 Å². The number of amides is 1. The summed E-state index contributed by atoms with van der Waals surface area (Å²) < 4.78 is 13.6. The number of allylic oxidation sites excluding steroid dienone is 5. The Kier molecular flexibility index (Phi) is 40.3. The van der Waals surface area contributed by atoms with Crippen LogP contribution < -0.4 is 20.7 Å². The molecule has 4 N–H and O–H groups in total. The first-order chi connectivity index (χ1) is 34.8. The van der Waals surface area contributed by atoms with Crippen LogP contribution in [-0.2, 0) is 22.7 Å². The molecule has 405 valence electrons. The summed E-state index contributed by atoms with van der Waals surface area (Å²) >= 11 is 0. The molecule has 8 nitrogen and oxygen atoms in total. The summed E-state index contributed by atoms with van der Waals surface area (Å²) in [6.45, 7) is 34.4. The predicted octanol–water partition coefficient (Wildman–Crippen LogP) is 16.7. The van der Waals surface area contributed by atoms with Crippen molar-refractivity contribution in [1.82, 2.24) is 10.6 Å². The molecule has 7 rings (SSSR count). The van der Waals surface area contributed by atoms with Crippen LogP contribution in [0.2, 0.25) is 0 Å². The number of hydrogen-bond donors (Lipinski definition) is 4. The number of phenolic OH excluding ortho intramolecular Hbond substituents is 1. The molecule has 1 heterocycles. The molecule has 0 saturated heterocycles. The van der Waals surface area contributed by atoms with E-state index in [0.717, 1.165) is 64.9 Å². The standard InChI is InChI=1S/C27H27N3O3.C12H17NO.C7H8.C6H12.C4H8.C4H10.2C2H6.Es/c1-20-7-11-23(12-8-20)29-27(32)26(33-19-22-5-3-2-4-6-22)25-18-30(25)16-15-28-17-21-9-13-24(31)14-10-21;1-4-13-10(2)11(3)14-12-8-6-5-7-9-12;1-7-5-3-2-4-6-7;1-5(2)6(3)4;1-2-4-3-1;1-3-4-2;2*1-2;/h2-14,18,28H,15-17,19H2,1H3,(H-,29,31,32);5-9,13H,4H2,1-3H3;2-6H,1H3;1-4H3;1-4H2;3-4H2,1-2H3;2*1-2H3;/p+1/b26-25-;11-10-;;;;;;;. The minimum atomic E-state index is -0.263. The van der Waals surface area contributed by atoms with Gasteiger partial charge in [0.2, 0.25) is 6.21 Å². The SMILES string of the molecule is C1CCC1.CC.CC.CC(C)=C(C)C.CCCC.CCN/C(C)=C(/C)Oc1ccccc1.Cc1ccc(NC(=O)/C(OCc2ccccc2)=C2C=[N+]\2CCNCc2ccc(O)cc2)cc1.Cc1ccccc1.[Es]. The Hall–Kier alpha value is -7.38. The molecule has 1 radical (unpaired) electrons. The number of rotatable bonds is 15. The summed E-state index contributed by atoms with van der Waals surface area (Å²) in [6, 6.07) is 44.7. The van der Waals surface area contributed by atoms with Crippen LogP contribution in [0.4, 0.5) is 5.69 Å². The van der Waals surface area contributed by atoms with E-state index >= 15 is 0 Å². The number of carbonyl (C=O) groups excluding carboxylic acids is 1. The second kappa shape index (κ2) is 43.4. The van der Waals surface area contributed by atoms with Gasteiger partial charge in [-0.25, -0.2) is 0 Å². The zero-order chi connectivity index (χ0) is 53.9. The van der Waals surface area contributed by atoms with Crippen LogP contribution in [0.25, 0.3) is 0 Å². The molecule has 0 unspecified atom stereocenters. The molecule has 0 atom stereocenters. The van der Waals surface area contributed by atoms with Gasteiger partial charge >= 0.3 is 5.70 Å². The van der Waals surface area contributed by atoms with Crippen LogP contribution in [0.1, 0.15) is 151 Å². The molecule has 1 fully saturated rings. The Balaban J connectivity index is 0. The molecule has 5 aromatic rings. The predicted molar refractivity (Wildman–Crippen MR) is 311 cm³/mol. The van der Waals surface area contributed by atoms with E-state index in [1.807, 2.05) is 175 Å². The number of anilines is 1. The molecular weight excluding hydrogens is 1140 g/mol. The van der Waals surface area contributed by atoms with Crippen LogP contribution in [0.5, 0.6) is 11.5 Å². The van der Waals surface area contributed by atoms with E-state index in [4.69, 9.17) is 9.47 Å². The van der Waals surface area contributed by atoms with Gasteiger partial charge in [-0.15, -0.1) is 0 Å². The second-order valence-electron chi connectivity index (χ2n) is 17.2. The third kappa shape index (κ3) is 33.8. The fourth-order valence-corrected chi connectivity index (χ4v) is 5.27. The Morgan fingerprint density at radius 3 is 1.53 bits per heavy atom. The van der Waals surface area contributed by atoms with Gasteiger partial charge in [-0.2, -0.15) is 4.58 Å². The van der Waals surface area contributed by atoms with Crippen LogP contribution in [0, 0.1) is 13.8 Å². The van der Waals surface area contributed by atoms with E-state index in [-0.39, 0.29) is 11.7 Å².